The second-order valence-electron chi connectivity index (χ2n) is 5.11. The average molecular weight is 264 g/mol. The molecule has 0 unspecified atom stereocenters. The quantitative estimate of drug-likeness (QED) is 0.750. The molecule has 0 amide bonds. The fourth-order valence-corrected chi connectivity index (χ4v) is 2.53. The minimum atomic E-state index is 0.710. The first kappa shape index (κ1) is 14.1. The third-order valence-corrected chi connectivity index (χ3v) is 3.71. The van der Waals surface area contributed by atoms with Crippen molar-refractivity contribution in [3.8, 4) is 6.07 Å². The maximum atomic E-state index is 9.41. The molecule has 2 rings (SSSR count). The maximum absolute atomic E-state index is 9.41. The maximum Gasteiger partial charge on any atom is 0.0998 e. The van der Waals surface area contributed by atoms with E-state index in [9.17, 15) is 5.26 Å². The van der Waals surface area contributed by atoms with Crippen molar-refractivity contribution in [1.82, 2.24) is 4.57 Å². The van der Waals surface area contributed by atoms with Crippen LogP contribution in [0.25, 0.3) is 11.6 Å². The van der Waals surface area contributed by atoms with Crippen molar-refractivity contribution >= 4 is 11.6 Å². The first-order valence-electron chi connectivity index (χ1n) is 6.92. The molecule has 1 aromatic carbocycles. The summed E-state index contributed by atoms with van der Waals surface area (Å²) < 4.78 is 2.26. The Morgan fingerprint density at radius 3 is 2.35 bits per heavy atom. The van der Waals surface area contributed by atoms with Crippen LogP contribution in [0.3, 0.4) is 0 Å². The molecule has 20 heavy (non-hydrogen) atoms. The van der Waals surface area contributed by atoms with E-state index in [-0.39, 0.29) is 0 Å². The van der Waals surface area contributed by atoms with Gasteiger partial charge in [-0.1, -0.05) is 29.8 Å². The first-order chi connectivity index (χ1) is 9.56. The molecule has 0 N–H and O–H groups in total. The summed E-state index contributed by atoms with van der Waals surface area (Å²) in [5, 5.41) is 9.41. The Hall–Kier alpha value is -2.27. The molecule has 0 fully saturated rings. The zero-order valence-corrected chi connectivity index (χ0v) is 12.6. The normalized spacial score (nSPS) is 11.4. The number of allylic oxidation sites excluding steroid dienone is 1. The molecule has 0 aliphatic carbocycles. The first-order valence-corrected chi connectivity index (χ1v) is 6.92. The molecule has 2 heteroatoms. The zero-order valence-electron chi connectivity index (χ0n) is 12.6. The molecule has 1 heterocycles. The van der Waals surface area contributed by atoms with E-state index in [4.69, 9.17) is 0 Å². The minimum absolute atomic E-state index is 0.710. The summed E-state index contributed by atoms with van der Waals surface area (Å²) >= 11 is 0. The number of hydrogen-bond donors (Lipinski definition) is 0. The number of benzene rings is 1. The van der Waals surface area contributed by atoms with Gasteiger partial charge < -0.3 is 4.57 Å². The van der Waals surface area contributed by atoms with Crippen LogP contribution in [-0.4, -0.2) is 4.57 Å². The van der Waals surface area contributed by atoms with Crippen molar-refractivity contribution in [3.63, 3.8) is 0 Å². The number of rotatable bonds is 3. The van der Waals surface area contributed by atoms with Crippen LogP contribution in [0.15, 0.2) is 30.3 Å². The molecule has 0 atom stereocenters. The SMILES string of the molecule is CCn1c(C)cc(/C=C(/C#N)c2ccc(C)cc2)c1C. The molecule has 0 saturated carbocycles. The second kappa shape index (κ2) is 5.79. The van der Waals surface area contributed by atoms with Crippen molar-refractivity contribution in [2.75, 3.05) is 0 Å². The molecule has 0 aliphatic rings. The fourth-order valence-electron chi connectivity index (χ4n) is 2.53. The third-order valence-electron chi connectivity index (χ3n) is 3.71. The average Bonchev–Trinajstić information content (AvgIpc) is 2.71. The van der Waals surface area contributed by atoms with Gasteiger partial charge in [-0.15, -0.1) is 0 Å². The van der Waals surface area contributed by atoms with Gasteiger partial charge in [-0.3, -0.25) is 0 Å². The van der Waals surface area contributed by atoms with Gasteiger partial charge in [-0.25, -0.2) is 0 Å². The van der Waals surface area contributed by atoms with Gasteiger partial charge in [0.25, 0.3) is 0 Å². The Morgan fingerprint density at radius 2 is 1.85 bits per heavy atom. The van der Waals surface area contributed by atoms with Crippen LogP contribution in [0.1, 0.15) is 35.0 Å². The number of nitriles is 1. The van der Waals surface area contributed by atoms with Gasteiger partial charge in [0.2, 0.25) is 0 Å². The Bertz CT molecular complexity index is 679. The van der Waals surface area contributed by atoms with Crippen molar-refractivity contribution in [2.24, 2.45) is 0 Å². The lowest BCUT2D eigenvalue weighted by Gasteiger charge is -2.05. The van der Waals surface area contributed by atoms with Crippen LogP contribution in [0, 0.1) is 32.1 Å². The minimum Gasteiger partial charge on any atom is -0.349 e. The van der Waals surface area contributed by atoms with Crippen molar-refractivity contribution in [1.29, 1.82) is 5.26 Å². The van der Waals surface area contributed by atoms with E-state index in [1.165, 1.54) is 17.0 Å². The lowest BCUT2D eigenvalue weighted by atomic mass is 10.0. The van der Waals surface area contributed by atoms with Gasteiger partial charge in [0.1, 0.15) is 0 Å². The van der Waals surface area contributed by atoms with Crippen molar-refractivity contribution in [2.45, 2.75) is 34.2 Å². The molecule has 0 bridgehead atoms. The van der Waals surface area contributed by atoms with Crippen LogP contribution >= 0.6 is 0 Å². The highest BCUT2D eigenvalue weighted by molar-refractivity contribution is 5.90. The zero-order chi connectivity index (χ0) is 14.7. The van der Waals surface area contributed by atoms with E-state index in [1.807, 2.05) is 30.3 Å². The Morgan fingerprint density at radius 1 is 1.20 bits per heavy atom. The van der Waals surface area contributed by atoms with Crippen LogP contribution in [0.4, 0.5) is 0 Å². The van der Waals surface area contributed by atoms with Crippen LogP contribution in [0.2, 0.25) is 0 Å². The van der Waals surface area contributed by atoms with Gasteiger partial charge in [0.05, 0.1) is 11.6 Å². The van der Waals surface area contributed by atoms with E-state index >= 15 is 0 Å². The number of hydrogen-bond acceptors (Lipinski definition) is 1. The molecule has 2 nitrogen and oxygen atoms in total. The summed E-state index contributed by atoms with van der Waals surface area (Å²) in [5.74, 6) is 0. The summed E-state index contributed by atoms with van der Waals surface area (Å²) in [6.45, 7) is 9.35. The molecule has 102 valence electrons. The third kappa shape index (κ3) is 2.67. The van der Waals surface area contributed by atoms with E-state index in [0.717, 1.165) is 17.7 Å². The van der Waals surface area contributed by atoms with Crippen LogP contribution in [-0.2, 0) is 6.54 Å². The van der Waals surface area contributed by atoms with Gasteiger partial charge in [0, 0.05) is 17.9 Å². The second-order valence-corrected chi connectivity index (χ2v) is 5.11. The van der Waals surface area contributed by atoms with Crippen LogP contribution in [0.5, 0.6) is 0 Å². The Kier molecular flexibility index (Phi) is 4.10. The summed E-state index contributed by atoms with van der Waals surface area (Å²) in [6.07, 6.45) is 1.99. The molecule has 0 radical (unpaired) electrons. The molecular formula is C18H20N2. The molecule has 0 spiro atoms. The number of aromatic nitrogens is 1. The molecule has 0 saturated heterocycles. The fraction of sp³-hybridized carbons (Fsp3) is 0.278. The van der Waals surface area contributed by atoms with Gasteiger partial charge >= 0.3 is 0 Å². The summed E-state index contributed by atoms with van der Waals surface area (Å²) in [4.78, 5) is 0. The van der Waals surface area contributed by atoms with Crippen molar-refractivity contribution < 1.29 is 0 Å². The van der Waals surface area contributed by atoms with E-state index in [0.29, 0.717) is 5.57 Å². The summed E-state index contributed by atoms with van der Waals surface area (Å²) in [7, 11) is 0. The van der Waals surface area contributed by atoms with E-state index in [1.54, 1.807) is 0 Å². The highest BCUT2D eigenvalue weighted by Gasteiger charge is 2.08. The Labute approximate surface area is 121 Å². The number of nitrogens with zero attached hydrogens (tertiary/aromatic N) is 2. The van der Waals surface area contributed by atoms with E-state index < -0.39 is 0 Å². The van der Waals surface area contributed by atoms with Gasteiger partial charge in [0.15, 0.2) is 0 Å². The monoisotopic (exact) mass is 264 g/mol. The topological polar surface area (TPSA) is 28.7 Å². The smallest absolute Gasteiger partial charge is 0.0998 e. The Balaban J connectivity index is 2.47. The predicted octanol–water partition coefficient (Wildman–Crippen LogP) is 4.50. The largest absolute Gasteiger partial charge is 0.349 e. The molecular weight excluding hydrogens is 244 g/mol. The van der Waals surface area contributed by atoms with E-state index in [2.05, 4.69) is 44.4 Å². The van der Waals surface area contributed by atoms with Gasteiger partial charge in [-0.2, -0.15) is 5.26 Å². The molecule has 0 aliphatic heterocycles. The highest BCUT2D eigenvalue weighted by Crippen LogP contribution is 2.22. The predicted molar refractivity (Wildman–Crippen MR) is 84.2 cm³/mol. The summed E-state index contributed by atoms with van der Waals surface area (Å²) in [6, 6.07) is 12.5. The molecule has 2 aromatic rings. The number of aryl methyl sites for hydroxylation is 2. The molecule has 1 aromatic heterocycles. The summed E-state index contributed by atoms with van der Waals surface area (Å²) in [5.41, 5.74) is 6.46. The highest BCUT2D eigenvalue weighted by atomic mass is 15.0. The lowest BCUT2D eigenvalue weighted by Crippen LogP contribution is -1.98. The lowest BCUT2D eigenvalue weighted by molar-refractivity contribution is 0.718. The van der Waals surface area contributed by atoms with Crippen molar-refractivity contribution in [3.05, 3.63) is 58.4 Å². The van der Waals surface area contributed by atoms with Gasteiger partial charge in [-0.05, 0) is 51.0 Å². The van der Waals surface area contributed by atoms with Crippen LogP contribution < -0.4 is 0 Å². The standard InChI is InChI=1S/C18H20N2/c1-5-20-14(3)10-17(15(20)4)11-18(12-19)16-8-6-13(2)7-9-16/h6-11H,5H2,1-4H3/b18-11-.